The SMILES string of the molecule is CCNC(=O)CCNc1ccc(C(=O)O)nc1. The van der Waals surface area contributed by atoms with Gasteiger partial charge >= 0.3 is 5.97 Å². The summed E-state index contributed by atoms with van der Waals surface area (Å²) in [7, 11) is 0. The number of aromatic carboxylic acids is 1. The second-order valence-corrected chi connectivity index (χ2v) is 3.37. The number of pyridine rings is 1. The van der Waals surface area contributed by atoms with E-state index in [0.29, 0.717) is 25.2 Å². The Kier molecular flexibility index (Phi) is 4.93. The maximum absolute atomic E-state index is 11.1. The molecule has 0 fully saturated rings. The van der Waals surface area contributed by atoms with Gasteiger partial charge in [0.15, 0.2) is 0 Å². The number of carboxylic acid groups (broad SMARTS) is 1. The quantitative estimate of drug-likeness (QED) is 0.678. The molecule has 1 amide bonds. The van der Waals surface area contributed by atoms with Crippen molar-refractivity contribution < 1.29 is 14.7 Å². The van der Waals surface area contributed by atoms with Crippen molar-refractivity contribution in [2.45, 2.75) is 13.3 Å². The molecule has 0 aliphatic carbocycles. The van der Waals surface area contributed by atoms with Gasteiger partial charge in [0.1, 0.15) is 5.69 Å². The number of amides is 1. The van der Waals surface area contributed by atoms with Crippen LogP contribution >= 0.6 is 0 Å². The second kappa shape index (κ2) is 6.47. The highest BCUT2D eigenvalue weighted by Gasteiger charge is 2.03. The molecule has 1 aromatic rings. The summed E-state index contributed by atoms with van der Waals surface area (Å²) in [5.41, 5.74) is 0.693. The molecule has 17 heavy (non-hydrogen) atoms. The molecule has 1 aromatic heterocycles. The summed E-state index contributed by atoms with van der Waals surface area (Å²) in [6, 6.07) is 3.03. The Morgan fingerprint density at radius 1 is 1.41 bits per heavy atom. The van der Waals surface area contributed by atoms with Crippen molar-refractivity contribution in [2.75, 3.05) is 18.4 Å². The summed E-state index contributed by atoms with van der Waals surface area (Å²) in [6.07, 6.45) is 1.80. The lowest BCUT2D eigenvalue weighted by Crippen LogP contribution is -2.24. The van der Waals surface area contributed by atoms with Gasteiger partial charge in [-0.25, -0.2) is 9.78 Å². The van der Waals surface area contributed by atoms with Gasteiger partial charge < -0.3 is 15.7 Å². The van der Waals surface area contributed by atoms with Gasteiger partial charge in [-0.1, -0.05) is 0 Å². The van der Waals surface area contributed by atoms with E-state index in [0.717, 1.165) is 0 Å². The van der Waals surface area contributed by atoms with Crippen LogP contribution in [0.4, 0.5) is 5.69 Å². The van der Waals surface area contributed by atoms with E-state index in [9.17, 15) is 9.59 Å². The maximum Gasteiger partial charge on any atom is 0.354 e. The van der Waals surface area contributed by atoms with Gasteiger partial charge in [0.2, 0.25) is 5.91 Å². The highest BCUT2D eigenvalue weighted by atomic mass is 16.4. The Morgan fingerprint density at radius 2 is 2.18 bits per heavy atom. The number of nitrogens with one attached hydrogen (secondary N) is 2. The summed E-state index contributed by atoms with van der Waals surface area (Å²) < 4.78 is 0. The van der Waals surface area contributed by atoms with Gasteiger partial charge in [-0.2, -0.15) is 0 Å². The van der Waals surface area contributed by atoms with Gasteiger partial charge in [-0.3, -0.25) is 4.79 Å². The van der Waals surface area contributed by atoms with E-state index in [1.807, 2.05) is 6.92 Å². The summed E-state index contributed by atoms with van der Waals surface area (Å²) >= 11 is 0. The molecular weight excluding hydrogens is 222 g/mol. The van der Waals surface area contributed by atoms with Crippen LogP contribution in [-0.2, 0) is 4.79 Å². The molecule has 0 aliphatic rings. The molecule has 6 heteroatoms. The number of carboxylic acids is 1. The number of anilines is 1. The number of rotatable bonds is 6. The Bertz CT molecular complexity index is 389. The Balaban J connectivity index is 2.37. The second-order valence-electron chi connectivity index (χ2n) is 3.37. The smallest absolute Gasteiger partial charge is 0.354 e. The molecule has 0 radical (unpaired) electrons. The average molecular weight is 237 g/mol. The number of carbonyl (C=O) groups excluding carboxylic acids is 1. The van der Waals surface area contributed by atoms with E-state index in [-0.39, 0.29) is 11.6 Å². The molecule has 1 rings (SSSR count). The fraction of sp³-hybridized carbons (Fsp3) is 0.364. The highest BCUT2D eigenvalue weighted by molar-refractivity contribution is 5.85. The molecule has 3 N–H and O–H groups in total. The van der Waals surface area contributed by atoms with E-state index in [2.05, 4.69) is 15.6 Å². The largest absolute Gasteiger partial charge is 0.477 e. The van der Waals surface area contributed by atoms with Crippen molar-refractivity contribution in [1.82, 2.24) is 10.3 Å². The minimum atomic E-state index is -1.06. The molecule has 0 unspecified atom stereocenters. The Hall–Kier alpha value is -2.11. The first-order valence-electron chi connectivity index (χ1n) is 5.33. The van der Waals surface area contributed by atoms with Crippen LogP contribution in [0.2, 0.25) is 0 Å². The molecule has 0 bridgehead atoms. The van der Waals surface area contributed by atoms with Crippen LogP contribution in [0.3, 0.4) is 0 Å². The van der Waals surface area contributed by atoms with E-state index >= 15 is 0 Å². The lowest BCUT2D eigenvalue weighted by molar-refractivity contribution is -0.120. The van der Waals surface area contributed by atoms with Crippen LogP contribution in [0.25, 0.3) is 0 Å². The molecule has 0 aliphatic heterocycles. The third kappa shape index (κ3) is 4.50. The maximum atomic E-state index is 11.1. The van der Waals surface area contributed by atoms with Gasteiger partial charge in [0, 0.05) is 19.5 Å². The lowest BCUT2D eigenvalue weighted by Gasteiger charge is -2.06. The summed E-state index contributed by atoms with van der Waals surface area (Å²) in [6.45, 7) is 2.97. The van der Waals surface area contributed by atoms with E-state index < -0.39 is 5.97 Å². The average Bonchev–Trinajstić information content (AvgIpc) is 2.30. The summed E-state index contributed by atoms with van der Waals surface area (Å²) in [5.74, 6) is -1.08. The lowest BCUT2D eigenvalue weighted by atomic mass is 10.3. The summed E-state index contributed by atoms with van der Waals surface area (Å²) in [5, 5.41) is 14.3. The number of carbonyl (C=O) groups is 2. The van der Waals surface area contributed by atoms with Crippen LogP contribution in [-0.4, -0.2) is 35.1 Å². The van der Waals surface area contributed by atoms with Crippen LogP contribution in [0.1, 0.15) is 23.8 Å². The van der Waals surface area contributed by atoms with Gasteiger partial charge in [0.05, 0.1) is 11.9 Å². The highest BCUT2D eigenvalue weighted by Crippen LogP contribution is 2.05. The number of nitrogens with zero attached hydrogens (tertiary/aromatic N) is 1. The molecule has 0 spiro atoms. The zero-order valence-electron chi connectivity index (χ0n) is 9.56. The van der Waals surface area contributed by atoms with Crippen molar-refractivity contribution in [3.05, 3.63) is 24.0 Å². The molecule has 0 aromatic carbocycles. The van der Waals surface area contributed by atoms with Crippen LogP contribution in [0.5, 0.6) is 0 Å². The monoisotopic (exact) mass is 237 g/mol. The first-order chi connectivity index (χ1) is 8.13. The van der Waals surface area contributed by atoms with Gasteiger partial charge in [-0.05, 0) is 19.1 Å². The molecular formula is C11H15N3O3. The normalized spacial score (nSPS) is 9.71. The van der Waals surface area contributed by atoms with Gasteiger partial charge in [0.25, 0.3) is 0 Å². The standard InChI is InChI=1S/C11H15N3O3/c1-2-12-10(15)5-6-13-8-3-4-9(11(16)17)14-7-8/h3-4,7,13H,2,5-6H2,1H3,(H,12,15)(H,16,17). The van der Waals surface area contributed by atoms with Crippen molar-refractivity contribution in [3.63, 3.8) is 0 Å². The predicted octanol–water partition coefficient (Wildman–Crippen LogP) is 0.718. The first-order valence-corrected chi connectivity index (χ1v) is 5.33. The molecule has 92 valence electrons. The van der Waals surface area contributed by atoms with Crippen LogP contribution < -0.4 is 10.6 Å². The Morgan fingerprint density at radius 3 is 2.71 bits per heavy atom. The third-order valence-corrected chi connectivity index (χ3v) is 2.04. The fourth-order valence-corrected chi connectivity index (χ4v) is 1.23. The van der Waals surface area contributed by atoms with Crippen molar-refractivity contribution in [2.24, 2.45) is 0 Å². The number of hydrogen-bond donors (Lipinski definition) is 3. The molecule has 6 nitrogen and oxygen atoms in total. The molecule has 0 atom stereocenters. The number of hydrogen-bond acceptors (Lipinski definition) is 4. The van der Waals surface area contributed by atoms with E-state index in [1.54, 1.807) is 6.07 Å². The zero-order valence-corrected chi connectivity index (χ0v) is 9.56. The minimum Gasteiger partial charge on any atom is -0.477 e. The molecule has 0 saturated carbocycles. The van der Waals surface area contributed by atoms with E-state index in [4.69, 9.17) is 5.11 Å². The van der Waals surface area contributed by atoms with Crippen molar-refractivity contribution >= 4 is 17.6 Å². The van der Waals surface area contributed by atoms with E-state index in [1.165, 1.54) is 12.3 Å². The van der Waals surface area contributed by atoms with Crippen molar-refractivity contribution in [1.29, 1.82) is 0 Å². The minimum absolute atomic E-state index is 0.000670. The zero-order chi connectivity index (χ0) is 12.7. The van der Waals surface area contributed by atoms with Crippen molar-refractivity contribution in [3.8, 4) is 0 Å². The van der Waals surface area contributed by atoms with Gasteiger partial charge in [-0.15, -0.1) is 0 Å². The van der Waals surface area contributed by atoms with Crippen LogP contribution in [0.15, 0.2) is 18.3 Å². The predicted molar refractivity (Wildman–Crippen MR) is 63.0 cm³/mol. The molecule has 1 heterocycles. The summed E-state index contributed by atoms with van der Waals surface area (Å²) in [4.78, 5) is 25.4. The van der Waals surface area contributed by atoms with Crippen LogP contribution in [0, 0.1) is 0 Å². The topological polar surface area (TPSA) is 91.3 Å². The fourth-order valence-electron chi connectivity index (χ4n) is 1.23. The number of aromatic nitrogens is 1. The molecule has 0 saturated heterocycles. The first kappa shape index (κ1) is 13.0. The Labute approximate surface area is 99.1 Å². The third-order valence-electron chi connectivity index (χ3n) is 2.04.